The number of nitrogens with zero attached hydrogens (tertiary/aromatic N) is 1. The van der Waals surface area contributed by atoms with Gasteiger partial charge in [-0.05, 0) is 48.9 Å². The van der Waals surface area contributed by atoms with Gasteiger partial charge in [-0.3, -0.25) is 4.79 Å². The molecule has 0 aliphatic carbocycles. The first kappa shape index (κ1) is 22.9. The highest BCUT2D eigenvalue weighted by molar-refractivity contribution is 7.10. The Hall–Kier alpha value is -2.37. The molecular formula is C23H27ClN2O2S. The number of carbonyl (C=O) groups excluding carboxylic acids is 1. The van der Waals surface area contributed by atoms with Crippen LogP contribution in [0.4, 0.5) is 5.69 Å². The Morgan fingerprint density at radius 3 is 2.45 bits per heavy atom. The number of hydrogen-bond donors (Lipinski definition) is 1. The van der Waals surface area contributed by atoms with Gasteiger partial charge in [-0.2, -0.15) is 0 Å². The molecule has 0 bridgehead atoms. The molecule has 6 heteroatoms. The molecule has 1 aromatic heterocycles. The quantitative estimate of drug-likeness (QED) is 0.466. The average Bonchev–Trinajstić information content (AvgIpc) is 3.19. The van der Waals surface area contributed by atoms with Crippen LogP contribution in [-0.4, -0.2) is 18.0 Å². The minimum atomic E-state index is -0.185. The van der Waals surface area contributed by atoms with Crippen LogP contribution >= 0.6 is 22.9 Å². The van der Waals surface area contributed by atoms with Crippen LogP contribution in [0.25, 0.3) is 11.3 Å². The van der Waals surface area contributed by atoms with Gasteiger partial charge in [-0.1, -0.05) is 39.3 Å². The molecule has 2 aromatic carbocycles. The van der Waals surface area contributed by atoms with E-state index in [0.717, 1.165) is 27.6 Å². The van der Waals surface area contributed by atoms with E-state index >= 15 is 0 Å². The van der Waals surface area contributed by atoms with Gasteiger partial charge in [0.15, 0.2) is 0 Å². The van der Waals surface area contributed by atoms with Gasteiger partial charge in [0.2, 0.25) is 0 Å². The van der Waals surface area contributed by atoms with Gasteiger partial charge >= 0.3 is 0 Å². The van der Waals surface area contributed by atoms with Gasteiger partial charge in [-0.25, -0.2) is 4.98 Å². The van der Waals surface area contributed by atoms with Crippen LogP contribution in [0.2, 0.25) is 5.02 Å². The lowest BCUT2D eigenvalue weighted by atomic mass is 10.1. The predicted molar refractivity (Wildman–Crippen MR) is 124 cm³/mol. The van der Waals surface area contributed by atoms with Crippen LogP contribution in [0.1, 0.15) is 54.5 Å². The SMILES string of the molecule is CC.COc1ccc(C(=O)Nc2ccc(-c3csc(C(C)C)n3)c(Cl)c2)c(C)c1. The van der Waals surface area contributed by atoms with Crippen molar-refractivity contribution in [3.63, 3.8) is 0 Å². The van der Waals surface area contributed by atoms with Crippen LogP contribution in [0.15, 0.2) is 41.8 Å². The first-order chi connectivity index (χ1) is 13.9. The normalized spacial score (nSPS) is 10.3. The van der Waals surface area contributed by atoms with Gasteiger partial charge in [0.05, 0.1) is 22.8 Å². The molecule has 0 radical (unpaired) electrons. The molecule has 1 heterocycles. The van der Waals surface area contributed by atoms with Crippen LogP contribution in [0.5, 0.6) is 5.75 Å². The number of thiazole rings is 1. The zero-order valence-corrected chi connectivity index (χ0v) is 19.2. The molecule has 0 atom stereocenters. The maximum absolute atomic E-state index is 12.6. The minimum absolute atomic E-state index is 0.185. The van der Waals surface area contributed by atoms with Crippen molar-refractivity contribution < 1.29 is 9.53 Å². The van der Waals surface area contributed by atoms with Crippen molar-refractivity contribution in [3.8, 4) is 17.0 Å². The lowest BCUT2D eigenvalue weighted by molar-refractivity contribution is 0.102. The molecule has 4 nitrogen and oxygen atoms in total. The zero-order chi connectivity index (χ0) is 21.6. The highest BCUT2D eigenvalue weighted by Crippen LogP contribution is 2.33. The van der Waals surface area contributed by atoms with Gasteiger partial charge in [0.25, 0.3) is 5.91 Å². The molecule has 1 N–H and O–H groups in total. The van der Waals surface area contributed by atoms with E-state index in [0.29, 0.717) is 22.2 Å². The highest BCUT2D eigenvalue weighted by Gasteiger charge is 2.13. The molecule has 0 saturated carbocycles. The molecule has 3 rings (SSSR count). The van der Waals surface area contributed by atoms with Crippen molar-refractivity contribution in [2.45, 2.75) is 40.5 Å². The number of carbonyl (C=O) groups is 1. The first-order valence-electron chi connectivity index (χ1n) is 9.60. The van der Waals surface area contributed by atoms with Crippen molar-refractivity contribution in [1.29, 1.82) is 0 Å². The Morgan fingerprint density at radius 2 is 1.90 bits per heavy atom. The summed E-state index contributed by atoms with van der Waals surface area (Å²) >= 11 is 8.08. The average molecular weight is 431 g/mol. The fraction of sp³-hybridized carbons (Fsp3) is 0.304. The van der Waals surface area contributed by atoms with E-state index in [-0.39, 0.29) is 5.91 Å². The van der Waals surface area contributed by atoms with E-state index in [1.807, 2.05) is 44.4 Å². The van der Waals surface area contributed by atoms with E-state index in [9.17, 15) is 4.79 Å². The van der Waals surface area contributed by atoms with Crippen molar-refractivity contribution in [2.24, 2.45) is 0 Å². The molecule has 1 amide bonds. The molecule has 0 unspecified atom stereocenters. The van der Waals surface area contributed by atoms with E-state index < -0.39 is 0 Å². The zero-order valence-electron chi connectivity index (χ0n) is 17.7. The minimum Gasteiger partial charge on any atom is -0.497 e. The number of rotatable bonds is 5. The maximum Gasteiger partial charge on any atom is 0.255 e. The standard InChI is InChI=1S/C21H21ClN2O2S.C2H6/c1-12(2)21-24-19(11-27-21)17-7-5-14(10-18(17)22)23-20(25)16-8-6-15(26-4)9-13(16)3;1-2/h5-12H,1-4H3,(H,23,25);1-2H3. The van der Waals surface area contributed by atoms with Crippen LogP contribution in [-0.2, 0) is 0 Å². The first-order valence-corrected chi connectivity index (χ1v) is 10.9. The van der Waals surface area contributed by atoms with Gasteiger partial charge < -0.3 is 10.1 Å². The maximum atomic E-state index is 12.6. The number of methoxy groups -OCH3 is 1. The number of aromatic nitrogens is 1. The Labute approximate surface area is 181 Å². The van der Waals surface area contributed by atoms with Gasteiger partial charge in [0, 0.05) is 28.1 Å². The Kier molecular flexibility index (Phi) is 8.23. The Balaban J connectivity index is 0.00000145. The lowest BCUT2D eigenvalue weighted by Crippen LogP contribution is -2.13. The Bertz CT molecular complexity index is 983. The van der Waals surface area contributed by atoms with E-state index in [1.165, 1.54) is 0 Å². The molecular weight excluding hydrogens is 404 g/mol. The summed E-state index contributed by atoms with van der Waals surface area (Å²) in [6.07, 6.45) is 0. The van der Waals surface area contributed by atoms with Crippen molar-refractivity contribution in [3.05, 3.63) is 62.9 Å². The van der Waals surface area contributed by atoms with E-state index in [2.05, 4.69) is 24.1 Å². The molecule has 29 heavy (non-hydrogen) atoms. The summed E-state index contributed by atoms with van der Waals surface area (Å²) in [6, 6.07) is 10.8. The third-order valence-corrected chi connectivity index (χ3v) is 5.65. The molecule has 0 aliphatic heterocycles. The topological polar surface area (TPSA) is 51.2 Å². The van der Waals surface area contributed by atoms with Gasteiger partial charge in [-0.15, -0.1) is 11.3 Å². The summed E-state index contributed by atoms with van der Waals surface area (Å²) in [5.74, 6) is 0.920. The number of nitrogens with one attached hydrogen (secondary N) is 1. The number of anilines is 1. The Morgan fingerprint density at radius 1 is 1.17 bits per heavy atom. The third kappa shape index (κ3) is 5.58. The molecule has 3 aromatic rings. The fourth-order valence-corrected chi connectivity index (χ4v) is 3.81. The van der Waals surface area contributed by atoms with Crippen molar-refractivity contribution in [2.75, 3.05) is 12.4 Å². The smallest absolute Gasteiger partial charge is 0.255 e. The molecule has 0 fully saturated rings. The molecule has 0 spiro atoms. The molecule has 0 aliphatic rings. The van der Waals surface area contributed by atoms with Crippen LogP contribution < -0.4 is 10.1 Å². The summed E-state index contributed by atoms with van der Waals surface area (Å²) < 4.78 is 5.18. The number of hydrogen-bond acceptors (Lipinski definition) is 4. The fourth-order valence-electron chi connectivity index (χ4n) is 2.69. The second kappa shape index (κ2) is 10.4. The van der Waals surface area contributed by atoms with Crippen molar-refractivity contribution >= 4 is 34.5 Å². The van der Waals surface area contributed by atoms with Crippen LogP contribution in [0, 0.1) is 6.92 Å². The largest absolute Gasteiger partial charge is 0.497 e. The summed E-state index contributed by atoms with van der Waals surface area (Å²) in [7, 11) is 1.60. The summed E-state index contributed by atoms with van der Waals surface area (Å²) in [6.45, 7) is 10.1. The third-order valence-electron chi connectivity index (χ3n) is 4.20. The molecule has 154 valence electrons. The number of halogens is 1. The number of aryl methyl sites for hydroxylation is 1. The number of amides is 1. The van der Waals surface area contributed by atoms with E-state index in [4.69, 9.17) is 16.3 Å². The summed E-state index contributed by atoms with van der Waals surface area (Å²) in [5.41, 5.74) is 3.80. The number of benzene rings is 2. The monoisotopic (exact) mass is 430 g/mol. The van der Waals surface area contributed by atoms with E-state index in [1.54, 1.807) is 36.6 Å². The van der Waals surface area contributed by atoms with Crippen LogP contribution in [0.3, 0.4) is 0 Å². The molecule has 0 saturated heterocycles. The second-order valence-corrected chi connectivity index (χ2v) is 7.85. The summed E-state index contributed by atoms with van der Waals surface area (Å²) in [5, 5.41) is 6.54. The second-order valence-electron chi connectivity index (χ2n) is 6.56. The van der Waals surface area contributed by atoms with Crippen molar-refractivity contribution in [1.82, 2.24) is 4.98 Å². The number of ether oxygens (including phenoxy) is 1. The predicted octanol–water partition coefficient (Wildman–Crippen LogP) is 7.18. The lowest BCUT2D eigenvalue weighted by Gasteiger charge is -2.10. The highest BCUT2D eigenvalue weighted by atomic mass is 35.5. The summed E-state index contributed by atoms with van der Waals surface area (Å²) in [4.78, 5) is 17.2. The van der Waals surface area contributed by atoms with Gasteiger partial charge in [0.1, 0.15) is 5.75 Å².